The standard InChI is InChI=1S/C13H14O.C9H8.C4H8Br2O/c1-2-4-12-11(3-1)5-6-13(12)7-9-14-10-8-13;1-2-5-9-7-3-6-8(9)4-1;5-1-3-7-4-2-6/h1-6H,7-10H2;1-6H,7H2;1-4H2. The van der Waals surface area contributed by atoms with Crippen LogP contribution >= 0.6 is 31.9 Å². The van der Waals surface area contributed by atoms with Crippen molar-refractivity contribution in [3.63, 3.8) is 0 Å². The van der Waals surface area contributed by atoms with Crippen LogP contribution in [-0.4, -0.2) is 37.1 Å². The van der Waals surface area contributed by atoms with Gasteiger partial charge in [-0.15, -0.1) is 0 Å². The number of fused-ring (bicyclic) bond motifs is 3. The summed E-state index contributed by atoms with van der Waals surface area (Å²) in [7, 11) is 0. The Hall–Kier alpha value is -1.20. The summed E-state index contributed by atoms with van der Waals surface area (Å²) in [5, 5.41) is 1.86. The normalized spacial score (nSPS) is 16.9. The molecule has 1 saturated heterocycles. The summed E-state index contributed by atoms with van der Waals surface area (Å²) in [5.41, 5.74) is 6.04. The molecule has 1 spiro atoms. The maximum Gasteiger partial charge on any atom is 0.0563 e. The topological polar surface area (TPSA) is 18.5 Å². The molecule has 4 heteroatoms. The molecule has 2 aromatic carbocycles. The smallest absolute Gasteiger partial charge is 0.0563 e. The fraction of sp³-hybridized carbons (Fsp3) is 0.385. The third kappa shape index (κ3) is 6.40. The van der Waals surface area contributed by atoms with Crippen LogP contribution in [0.4, 0.5) is 0 Å². The first-order valence-corrected chi connectivity index (χ1v) is 12.8. The second-order valence-corrected chi connectivity index (χ2v) is 9.07. The van der Waals surface area contributed by atoms with Crippen molar-refractivity contribution in [2.45, 2.75) is 24.7 Å². The molecule has 0 unspecified atom stereocenters. The van der Waals surface area contributed by atoms with Gasteiger partial charge in [-0.05, 0) is 41.5 Å². The van der Waals surface area contributed by atoms with E-state index < -0.39 is 0 Å². The van der Waals surface area contributed by atoms with Gasteiger partial charge in [-0.3, -0.25) is 0 Å². The van der Waals surface area contributed by atoms with Crippen molar-refractivity contribution < 1.29 is 9.47 Å². The first-order chi connectivity index (χ1) is 14.8. The highest BCUT2D eigenvalue weighted by Gasteiger charge is 2.35. The molecule has 160 valence electrons. The van der Waals surface area contributed by atoms with Crippen LogP contribution in [0.25, 0.3) is 12.2 Å². The van der Waals surface area contributed by atoms with Crippen LogP contribution in [0.1, 0.15) is 35.1 Å². The molecule has 1 heterocycles. The van der Waals surface area contributed by atoms with Gasteiger partial charge in [0.1, 0.15) is 0 Å². The molecule has 0 bridgehead atoms. The van der Waals surface area contributed by atoms with Crippen molar-refractivity contribution in [2.24, 2.45) is 0 Å². The van der Waals surface area contributed by atoms with E-state index in [1.807, 2.05) is 0 Å². The van der Waals surface area contributed by atoms with Crippen LogP contribution < -0.4 is 0 Å². The van der Waals surface area contributed by atoms with E-state index in [1.165, 1.54) is 22.3 Å². The Morgan fingerprint density at radius 2 is 1.50 bits per heavy atom. The van der Waals surface area contributed by atoms with Crippen LogP contribution in [0.3, 0.4) is 0 Å². The van der Waals surface area contributed by atoms with Gasteiger partial charge in [-0.25, -0.2) is 0 Å². The third-order valence-electron chi connectivity index (χ3n) is 5.60. The predicted octanol–water partition coefficient (Wildman–Crippen LogP) is 6.81. The summed E-state index contributed by atoms with van der Waals surface area (Å²) in [6.07, 6.45) is 12.4. The Morgan fingerprint density at radius 3 is 2.20 bits per heavy atom. The second kappa shape index (κ2) is 12.6. The first kappa shape index (κ1) is 23.5. The molecule has 0 atom stereocenters. The zero-order valence-electron chi connectivity index (χ0n) is 17.4. The van der Waals surface area contributed by atoms with Crippen LogP contribution in [-0.2, 0) is 21.3 Å². The maximum absolute atomic E-state index is 5.44. The average molecular weight is 534 g/mol. The molecule has 3 aliphatic rings. The summed E-state index contributed by atoms with van der Waals surface area (Å²) >= 11 is 6.48. The lowest BCUT2D eigenvalue weighted by Gasteiger charge is -2.33. The van der Waals surface area contributed by atoms with E-state index >= 15 is 0 Å². The van der Waals surface area contributed by atoms with E-state index in [9.17, 15) is 0 Å². The Bertz CT molecular complexity index is 834. The third-order valence-corrected chi connectivity index (χ3v) is 6.24. The molecule has 2 nitrogen and oxygen atoms in total. The molecule has 0 radical (unpaired) electrons. The molecule has 0 aromatic heterocycles. The summed E-state index contributed by atoms with van der Waals surface area (Å²) < 4.78 is 10.5. The number of halogens is 2. The quantitative estimate of drug-likeness (QED) is 0.317. The van der Waals surface area contributed by atoms with Crippen LogP contribution in [0.5, 0.6) is 0 Å². The number of hydrogen-bond donors (Lipinski definition) is 0. The Morgan fingerprint density at radius 1 is 0.833 bits per heavy atom. The van der Waals surface area contributed by atoms with Crippen molar-refractivity contribution in [1.29, 1.82) is 0 Å². The first-order valence-electron chi connectivity index (χ1n) is 10.6. The average Bonchev–Trinajstić information content (AvgIpc) is 3.42. The number of alkyl halides is 2. The minimum atomic E-state index is 0.300. The molecular weight excluding hydrogens is 504 g/mol. The Balaban J connectivity index is 0.000000139. The van der Waals surface area contributed by atoms with Gasteiger partial charge in [-0.1, -0.05) is 105 Å². The number of ether oxygens (including phenoxy) is 2. The zero-order chi connectivity index (χ0) is 21.1. The summed E-state index contributed by atoms with van der Waals surface area (Å²) in [6, 6.07) is 17.2. The lowest BCUT2D eigenvalue weighted by Crippen LogP contribution is -2.30. The number of benzene rings is 2. The summed E-state index contributed by atoms with van der Waals surface area (Å²) in [6.45, 7) is 3.43. The van der Waals surface area contributed by atoms with E-state index in [-0.39, 0.29) is 0 Å². The van der Waals surface area contributed by atoms with Gasteiger partial charge < -0.3 is 9.47 Å². The minimum Gasteiger partial charge on any atom is -0.381 e. The summed E-state index contributed by atoms with van der Waals surface area (Å²) in [5.74, 6) is 0. The van der Waals surface area contributed by atoms with Crippen LogP contribution in [0.15, 0.2) is 60.7 Å². The molecule has 0 saturated carbocycles. The lowest BCUT2D eigenvalue weighted by molar-refractivity contribution is 0.0663. The van der Waals surface area contributed by atoms with E-state index in [1.54, 1.807) is 0 Å². The highest BCUT2D eigenvalue weighted by Crippen LogP contribution is 2.42. The number of allylic oxidation sites excluding steroid dienone is 2. The summed E-state index contributed by atoms with van der Waals surface area (Å²) in [4.78, 5) is 0. The van der Waals surface area contributed by atoms with E-state index in [0.29, 0.717) is 5.41 Å². The second-order valence-electron chi connectivity index (χ2n) is 7.48. The minimum absolute atomic E-state index is 0.300. The van der Waals surface area contributed by atoms with Gasteiger partial charge >= 0.3 is 0 Å². The monoisotopic (exact) mass is 532 g/mol. The molecule has 1 fully saturated rings. The van der Waals surface area contributed by atoms with Crippen molar-refractivity contribution in [3.8, 4) is 0 Å². The van der Waals surface area contributed by atoms with Crippen LogP contribution in [0, 0.1) is 0 Å². The van der Waals surface area contributed by atoms with Gasteiger partial charge in [0.25, 0.3) is 0 Å². The van der Waals surface area contributed by atoms with Gasteiger partial charge in [0, 0.05) is 29.3 Å². The fourth-order valence-corrected chi connectivity index (χ4v) is 4.47. The molecule has 5 rings (SSSR count). The molecule has 0 N–H and O–H groups in total. The SMILES string of the molecule is BrCCOCCBr.C1=CC2(CCOCC2)c2ccccc21.C1=Cc2ccccc2C1. The fourth-order valence-electron chi connectivity index (χ4n) is 4.01. The Kier molecular flexibility index (Phi) is 9.86. The highest BCUT2D eigenvalue weighted by molar-refractivity contribution is 9.09. The highest BCUT2D eigenvalue weighted by atomic mass is 79.9. The molecule has 2 aliphatic carbocycles. The molecule has 2 aromatic rings. The molecule has 0 amide bonds. The number of rotatable bonds is 4. The number of hydrogen-bond acceptors (Lipinski definition) is 2. The van der Waals surface area contributed by atoms with Gasteiger partial charge in [0.05, 0.1) is 13.2 Å². The van der Waals surface area contributed by atoms with Gasteiger partial charge in [0.15, 0.2) is 0 Å². The van der Waals surface area contributed by atoms with Gasteiger partial charge in [-0.2, -0.15) is 0 Å². The molecule has 1 aliphatic heterocycles. The van der Waals surface area contributed by atoms with Crippen molar-refractivity contribution in [3.05, 3.63) is 82.9 Å². The Labute approximate surface area is 197 Å². The predicted molar refractivity (Wildman–Crippen MR) is 135 cm³/mol. The lowest BCUT2D eigenvalue weighted by atomic mass is 9.76. The van der Waals surface area contributed by atoms with E-state index in [2.05, 4.69) is 105 Å². The van der Waals surface area contributed by atoms with Crippen molar-refractivity contribution >= 4 is 44.0 Å². The molecule has 30 heavy (non-hydrogen) atoms. The van der Waals surface area contributed by atoms with Crippen molar-refractivity contribution in [1.82, 2.24) is 0 Å². The van der Waals surface area contributed by atoms with Crippen molar-refractivity contribution in [2.75, 3.05) is 37.1 Å². The zero-order valence-corrected chi connectivity index (χ0v) is 20.5. The van der Waals surface area contributed by atoms with E-state index in [4.69, 9.17) is 9.47 Å². The van der Waals surface area contributed by atoms with Crippen LogP contribution in [0.2, 0.25) is 0 Å². The van der Waals surface area contributed by atoms with Gasteiger partial charge in [0.2, 0.25) is 0 Å². The largest absolute Gasteiger partial charge is 0.381 e. The van der Waals surface area contributed by atoms with E-state index in [0.717, 1.165) is 56.4 Å². The maximum atomic E-state index is 5.44. The molecular formula is C26H30Br2O2.